The van der Waals surface area contributed by atoms with Crippen molar-refractivity contribution < 1.29 is 9.13 Å². The van der Waals surface area contributed by atoms with Crippen molar-refractivity contribution in [3.05, 3.63) is 42.2 Å². The standard InChI is InChI=1S/C18H16FN7OS2/c19-13-6-2-1-5-12(13)16-22-21-14-7-8-15(25-26(14)16)28-18-24-23-17(29-18)20-10-11-4-3-9-27-11/h1-2,5-8,11H,3-4,9-10H2,(H,20,23). The summed E-state index contributed by atoms with van der Waals surface area (Å²) in [4.78, 5) is 0. The molecular weight excluding hydrogens is 413 g/mol. The van der Waals surface area contributed by atoms with Gasteiger partial charge in [0.05, 0.1) is 11.7 Å². The SMILES string of the molecule is Fc1ccccc1-c1nnc2ccc(Sc3nnc(NCC4CCCO4)s3)nn12. The van der Waals surface area contributed by atoms with Crippen LogP contribution in [-0.2, 0) is 4.74 Å². The monoisotopic (exact) mass is 429 g/mol. The molecule has 1 aliphatic heterocycles. The van der Waals surface area contributed by atoms with Crippen LogP contribution in [-0.4, -0.2) is 49.3 Å². The average molecular weight is 430 g/mol. The van der Waals surface area contributed by atoms with Gasteiger partial charge in [-0.2, -0.15) is 9.61 Å². The van der Waals surface area contributed by atoms with Gasteiger partial charge in [0.2, 0.25) is 5.13 Å². The fourth-order valence-electron chi connectivity index (χ4n) is 3.06. The molecule has 0 amide bonds. The van der Waals surface area contributed by atoms with Crippen LogP contribution >= 0.6 is 23.1 Å². The van der Waals surface area contributed by atoms with Gasteiger partial charge in [-0.1, -0.05) is 23.5 Å². The summed E-state index contributed by atoms with van der Waals surface area (Å²) in [5.41, 5.74) is 0.898. The van der Waals surface area contributed by atoms with Crippen molar-refractivity contribution in [2.24, 2.45) is 0 Å². The lowest BCUT2D eigenvalue weighted by Gasteiger charge is -2.08. The molecule has 1 atom stereocenters. The lowest BCUT2D eigenvalue weighted by molar-refractivity contribution is 0.120. The second-order valence-corrected chi connectivity index (χ2v) is 8.68. The van der Waals surface area contributed by atoms with E-state index in [1.807, 2.05) is 6.07 Å². The summed E-state index contributed by atoms with van der Waals surface area (Å²) in [5, 5.41) is 25.8. The van der Waals surface area contributed by atoms with Crippen LogP contribution in [0.3, 0.4) is 0 Å². The summed E-state index contributed by atoms with van der Waals surface area (Å²) in [5.74, 6) is -0.00975. The maximum Gasteiger partial charge on any atom is 0.206 e. The van der Waals surface area contributed by atoms with Gasteiger partial charge in [0, 0.05) is 13.2 Å². The molecule has 5 rings (SSSR count). The van der Waals surface area contributed by atoms with Crippen LogP contribution in [0.5, 0.6) is 0 Å². The number of fused-ring (bicyclic) bond motifs is 1. The Bertz CT molecular complexity index is 1140. The first kappa shape index (κ1) is 18.4. The van der Waals surface area contributed by atoms with E-state index in [0.29, 0.717) is 22.1 Å². The number of ether oxygens (including phenoxy) is 1. The molecule has 1 fully saturated rings. The molecule has 0 spiro atoms. The van der Waals surface area contributed by atoms with Gasteiger partial charge >= 0.3 is 0 Å². The zero-order valence-electron chi connectivity index (χ0n) is 15.2. The largest absolute Gasteiger partial charge is 0.376 e. The van der Waals surface area contributed by atoms with Gasteiger partial charge in [-0.25, -0.2) is 4.39 Å². The van der Waals surface area contributed by atoms with Gasteiger partial charge in [-0.05, 0) is 48.9 Å². The zero-order chi connectivity index (χ0) is 19.6. The minimum absolute atomic E-state index is 0.240. The van der Waals surface area contributed by atoms with Crippen LogP contribution in [0.1, 0.15) is 12.8 Å². The van der Waals surface area contributed by atoms with E-state index in [-0.39, 0.29) is 11.9 Å². The van der Waals surface area contributed by atoms with Crippen LogP contribution in [0.25, 0.3) is 17.0 Å². The molecule has 8 nitrogen and oxygen atoms in total. The molecule has 0 aliphatic carbocycles. The van der Waals surface area contributed by atoms with Crippen LogP contribution in [0.4, 0.5) is 9.52 Å². The van der Waals surface area contributed by atoms with E-state index in [2.05, 4.69) is 30.8 Å². The third-order valence-corrected chi connectivity index (χ3v) is 6.32. The normalized spacial score (nSPS) is 16.5. The highest BCUT2D eigenvalue weighted by Gasteiger charge is 2.17. The van der Waals surface area contributed by atoms with Gasteiger partial charge in [0.15, 0.2) is 15.8 Å². The highest BCUT2D eigenvalue weighted by atomic mass is 32.2. The van der Waals surface area contributed by atoms with Gasteiger partial charge < -0.3 is 10.1 Å². The lowest BCUT2D eigenvalue weighted by atomic mass is 10.2. The molecular formula is C18H16FN7OS2. The number of hydrogen-bond donors (Lipinski definition) is 1. The summed E-state index contributed by atoms with van der Waals surface area (Å²) < 4.78 is 22.1. The Hall–Kier alpha value is -2.63. The summed E-state index contributed by atoms with van der Waals surface area (Å²) in [6.07, 6.45) is 2.42. The summed E-state index contributed by atoms with van der Waals surface area (Å²) in [7, 11) is 0. The number of halogens is 1. The van der Waals surface area contributed by atoms with Crippen LogP contribution in [0.2, 0.25) is 0 Å². The average Bonchev–Trinajstić information content (AvgIpc) is 3.48. The van der Waals surface area contributed by atoms with Gasteiger partial charge in [0.1, 0.15) is 10.8 Å². The maximum absolute atomic E-state index is 14.2. The van der Waals surface area contributed by atoms with Crippen molar-refractivity contribution in [2.75, 3.05) is 18.5 Å². The molecule has 0 bridgehead atoms. The Morgan fingerprint density at radius 3 is 2.97 bits per heavy atom. The number of nitrogens with one attached hydrogen (secondary N) is 1. The number of rotatable bonds is 6. The molecule has 0 radical (unpaired) electrons. The number of aromatic nitrogens is 6. The Morgan fingerprint density at radius 2 is 2.10 bits per heavy atom. The molecule has 3 aromatic heterocycles. The molecule has 1 N–H and O–H groups in total. The quantitative estimate of drug-likeness (QED) is 0.498. The maximum atomic E-state index is 14.2. The first-order valence-corrected chi connectivity index (χ1v) is 10.7. The summed E-state index contributed by atoms with van der Waals surface area (Å²) >= 11 is 2.84. The van der Waals surface area contributed by atoms with Crippen molar-refractivity contribution in [3.63, 3.8) is 0 Å². The molecule has 11 heteroatoms. The molecule has 1 saturated heterocycles. The van der Waals surface area contributed by atoms with Gasteiger partial charge in [-0.3, -0.25) is 0 Å². The first-order valence-electron chi connectivity index (χ1n) is 9.10. The minimum Gasteiger partial charge on any atom is -0.376 e. The van der Waals surface area contributed by atoms with Crippen molar-refractivity contribution in [1.29, 1.82) is 0 Å². The Labute approximate surface area is 173 Å². The third-order valence-electron chi connectivity index (χ3n) is 4.46. The van der Waals surface area contributed by atoms with Crippen LogP contribution in [0.15, 0.2) is 45.8 Å². The molecule has 29 heavy (non-hydrogen) atoms. The minimum atomic E-state index is -0.368. The van der Waals surface area contributed by atoms with Crippen LogP contribution < -0.4 is 5.32 Å². The van der Waals surface area contributed by atoms with Crippen molar-refractivity contribution >= 4 is 33.9 Å². The zero-order valence-corrected chi connectivity index (χ0v) is 16.8. The molecule has 4 aromatic rings. The highest BCUT2D eigenvalue weighted by molar-refractivity contribution is 8.01. The second kappa shape index (κ2) is 8.01. The smallest absolute Gasteiger partial charge is 0.206 e. The van der Waals surface area contributed by atoms with Gasteiger partial charge in [-0.15, -0.1) is 20.4 Å². The summed E-state index contributed by atoms with van der Waals surface area (Å²) in [6, 6.07) is 10.1. The predicted molar refractivity (Wildman–Crippen MR) is 108 cm³/mol. The van der Waals surface area contributed by atoms with E-state index in [0.717, 1.165) is 35.5 Å². The Morgan fingerprint density at radius 1 is 1.17 bits per heavy atom. The molecule has 0 saturated carbocycles. The molecule has 148 valence electrons. The predicted octanol–water partition coefficient (Wildman–Crippen LogP) is 3.52. The van der Waals surface area contributed by atoms with Gasteiger partial charge in [0.25, 0.3) is 0 Å². The molecule has 1 unspecified atom stereocenters. The van der Waals surface area contributed by atoms with Crippen LogP contribution in [0, 0.1) is 5.82 Å². The molecule has 4 heterocycles. The fraction of sp³-hybridized carbons (Fsp3) is 0.278. The van der Waals surface area contributed by atoms with E-state index < -0.39 is 0 Å². The van der Waals surface area contributed by atoms with E-state index in [9.17, 15) is 4.39 Å². The molecule has 1 aliphatic rings. The Kier molecular flexibility index (Phi) is 5.08. The fourth-order valence-corrected chi connectivity index (χ4v) is 4.72. The van der Waals surface area contributed by atoms with E-state index in [1.54, 1.807) is 28.8 Å². The highest BCUT2D eigenvalue weighted by Crippen LogP contribution is 2.31. The van der Waals surface area contributed by atoms with E-state index >= 15 is 0 Å². The lowest BCUT2D eigenvalue weighted by Crippen LogP contribution is -2.18. The Balaban J connectivity index is 1.34. The third kappa shape index (κ3) is 3.93. The molecule has 1 aromatic carbocycles. The first-order chi connectivity index (χ1) is 14.3. The number of benzene rings is 1. The van der Waals surface area contributed by atoms with Crippen molar-refractivity contribution in [1.82, 2.24) is 30.0 Å². The van der Waals surface area contributed by atoms with E-state index in [4.69, 9.17) is 4.74 Å². The van der Waals surface area contributed by atoms with Crippen molar-refractivity contribution in [3.8, 4) is 11.4 Å². The number of anilines is 1. The number of hydrogen-bond acceptors (Lipinski definition) is 9. The number of nitrogens with zero attached hydrogens (tertiary/aromatic N) is 6. The van der Waals surface area contributed by atoms with Crippen molar-refractivity contribution in [2.45, 2.75) is 28.3 Å². The topological polar surface area (TPSA) is 90.1 Å². The second-order valence-electron chi connectivity index (χ2n) is 6.44. The van der Waals surface area contributed by atoms with E-state index in [1.165, 1.54) is 29.2 Å². The summed E-state index contributed by atoms with van der Waals surface area (Å²) in [6.45, 7) is 1.56.